The fourth-order valence-electron chi connectivity index (χ4n) is 3.39. The van der Waals surface area contributed by atoms with Gasteiger partial charge in [0.05, 0.1) is 0 Å². The van der Waals surface area contributed by atoms with E-state index in [-0.39, 0.29) is 0 Å². The molecule has 4 aromatic rings. The molecule has 0 aliphatic heterocycles. The van der Waals surface area contributed by atoms with Crippen LogP contribution in [0.2, 0.25) is 0 Å². The minimum absolute atomic E-state index is 0.558. The zero-order valence-corrected chi connectivity index (χ0v) is 18.0. The topological polar surface area (TPSA) is 104 Å². The Hall–Kier alpha value is -4.39. The highest BCUT2D eigenvalue weighted by molar-refractivity contribution is 5.89. The van der Waals surface area contributed by atoms with Crippen molar-refractivity contribution in [1.82, 2.24) is 9.55 Å². The summed E-state index contributed by atoms with van der Waals surface area (Å²) in [7, 11) is 0. The summed E-state index contributed by atoms with van der Waals surface area (Å²) in [6.45, 7) is 1.81. The number of carbonyl (C=O) groups is 2. The van der Waals surface area contributed by atoms with Crippen molar-refractivity contribution < 1.29 is 19.8 Å². The van der Waals surface area contributed by atoms with Crippen molar-refractivity contribution in [2.45, 2.75) is 13.0 Å². The Balaban J connectivity index is 0.000000331. The molecule has 3 N–H and O–H groups in total. The summed E-state index contributed by atoms with van der Waals surface area (Å²) in [4.78, 5) is 23.2. The molecule has 0 atom stereocenters. The smallest absolute Gasteiger partial charge is 0.328 e. The van der Waals surface area contributed by atoms with Crippen LogP contribution >= 0.6 is 0 Å². The molecular weight excluding hydrogens is 418 g/mol. The van der Waals surface area contributed by atoms with Crippen LogP contribution in [0.15, 0.2) is 97.5 Å². The first-order chi connectivity index (χ1) is 16.0. The lowest BCUT2D eigenvalue weighted by molar-refractivity contribution is -0.134. The van der Waals surface area contributed by atoms with Crippen LogP contribution in [0.25, 0.3) is 10.9 Å². The van der Waals surface area contributed by atoms with E-state index in [2.05, 4.69) is 75.7 Å². The van der Waals surface area contributed by atoms with Crippen LogP contribution in [0, 0.1) is 0 Å². The van der Waals surface area contributed by atoms with E-state index in [0.29, 0.717) is 12.2 Å². The number of aliphatic carboxylic acids is 2. The van der Waals surface area contributed by atoms with Crippen molar-refractivity contribution in [3.05, 3.63) is 109 Å². The zero-order chi connectivity index (χ0) is 23.5. The molecule has 7 nitrogen and oxygen atoms in total. The number of hydrogen-bond donors (Lipinski definition) is 3. The summed E-state index contributed by atoms with van der Waals surface area (Å²) in [6.07, 6.45) is 8.03. The minimum Gasteiger partial charge on any atom is -0.478 e. The molecule has 0 fully saturated rings. The highest BCUT2D eigenvalue weighted by atomic mass is 16.4. The molecule has 0 aliphatic carbocycles. The molecule has 2 aromatic heterocycles. The molecule has 168 valence electrons. The van der Waals surface area contributed by atoms with Gasteiger partial charge in [-0.1, -0.05) is 48.5 Å². The van der Waals surface area contributed by atoms with E-state index in [1.54, 1.807) is 0 Å². The Morgan fingerprint density at radius 3 is 2.18 bits per heavy atom. The Kier molecular flexibility index (Phi) is 8.36. The molecule has 0 saturated carbocycles. The predicted molar refractivity (Wildman–Crippen MR) is 128 cm³/mol. The first-order valence-electron chi connectivity index (χ1n) is 10.4. The number of nitrogens with one attached hydrogen (secondary N) is 1. The quantitative estimate of drug-likeness (QED) is 0.348. The summed E-state index contributed by atoms with van der Waals surface area (Å²) < 4.78 is 2.35. The second-order valence-corrected chi connectivity index (χ2v) is 7.21. The molecule has 0 aliphatic rings. The van der Waals surface area contributed by atoms with E-state index in [1.807, 2.05) is 24.5 Å². The van der Waals surface area contributed by atoms with Gasteiger partial charge < -0.3 is 20.1 Å². The van der Waals surface area contributed by atoms with E-state index >= 15 is 0 Å². The number of pyridine rings is 1. The molecular formula is C26H25N3O4. The van der Waals surface area contributed by atoms with E-state index in [4.69, 9.17) is 10.2 Å². The Labute approximate surface area is 191 Å². The predicted octanol–water partition coefficient (Wildman–Crippen LogP) is 4.45. The molecule has 0 bridgehead atoms. The number of fused-ring (bicyclic) bond motifs is 1. The average molecular weight is 444 g/mol. The van der Waals surface area contributed by atoms with E-state index < -0.39 is 11.9 Å². The summed E-state index contributed by atoms with van der Waals surface area (Å²) in [5.74, 6) is -2.51. The van der Waals surface area contributed by atoms with Gasteiger partial charge >= 0.3 is 11.9 Å². The van der Waals surface area contributed by atoms with Crippen LogP contribution in [0.4, 0.5) is 5.69 Å². The molecule has 0 unspecified atom stereocenters. The van der Waals surface area contributed by atoms with Crippen LogP contribution in [-0.2, 0) is 22.6 Å². The summed E-state index contributed by atoms with van der Waals surface area (Å²) in [5.41, 5.74) is 5.12. The highest BCUT2D eigenvalue weighted by Crippen LogP contribution is 2.23. The SMILES string of the molecule is O=C(O)/C=C\C(=O)O.c1ccc(Cn2cc(CCNc3ccncc3)c3ccccc32)cc1. The number of para-hydroxylation sites is 1. The summed E-state index contributed by atoms with van der Waals surface area (Å²) in [6, 6.07) is 23.3. The van der Waals surface area contributed by atoms with Crippen molar-refractivity contribution in [1.29, 1.82) is 0 Å². The van der Waals surface area contributed by atoms with Crippen LogP contribution in [0.3, 0.4) is 0 Å². The maximum atomic E-state index is 9.55. The third-order valence-electron chi connectivity index (χ3n) is 4.84. The van der Waals surface area contributed by atoms with E-state index in [0.717, 1.165) is 25.2 Å². The third-order valence-corrected chi connectivity index (χ3v) is 4.84. The zero-order valence-electron chi connectivity index (χ0n) is 18.0. The van der Waals surface area contributed by atoms with Gasteiger partial charge in [0, 0.05) is 60.4 Å². The van der Waals surface area contributed by atoms with Crippen LogP contribution < -0.4 is 5.32 Å². The van der Waals surface area contributed by atoms with Gasteiger partial charge in [-0.2, -0.15) is 0 Å². The maximum absolute atomic E-state index is 9.55. The third kappa shape index (κ3) is 7.36. The lowest BCUT2D eigenvalue weighted by Gasteiger charge is -2.05. The van der Waals surface area contributed by atoms with Crippen LogP contribution in [0.1, 0.15) is 11.1 Å². The van der Waals surface area contributed by atoms with Gasteiger partial charge in [0.15, 0.2) is 0 Å². The molecule has 0 radical (unpaired) electrons. The maximum Gasteiger partial charge on any atom is 0.328 e. The number of benzene rings is 2. The monoisotopic (exact) mass is 443 g/mol. The molecule has 33 heavy (non-hydrogen) atoms. The Morgan fingerprint density at radius 2 is 1.52 bits per heavy atom. The molecule has 2 aromatic carbocycles. The number of hydrogen-bond acceptors (Lipinski definition) is 4. The van der Waals surface area contributed by atoms with Crippen molar-refractivity contribution >= 4 is 28.5 Å². The van der Waals surface area contributed by atoms with Crippen LogP contribution in [0.5, 0.6) is 0 Å². The molecule has 4 rings (SSSR count). The first-order valence-corrected chi connectivity index (χ1v) is 10.4. The minimum atomic E-state index is -1.26. The number of carboxylic acid groups (broad SMARTS) is 2. The van der Waals surface area contributed by atoms with Crippen molar-refractivity contribution in [3.63, 3.8) is 0 Å². The Morgan fingerprint density at radius 1 is 0.879 bits per heavy atom. The van der Waals surface area contributed by atoms with Crippen molar-refractivity contribution in [3.8, 4) is 0 Å². The second-order valence-electron chi connectivity index (χ2n) is 7.21. The van der Waals surface area contributed by atoms with Gasteiger partial charge in [0.25, 0.3) is 0 Å². The average Bonchev–Trinajstić information content (AvgIpc) is 3.17. The largest absolute Gasteiger partial charge is 0.478 e. The van der Waals surface area contributed by atoms with Crippen molar-refractivity contribution in [2.24, 2.45) is 0 Å². The fourth-order valence-corrected chi connectivity index (χ4v) is 3.39. The lowest BCUT2D eigenvalue weighted by atomic mass is 10.1. The first kappa shape index (κ1) is 23.3. The van der Waals surface area contributed by atoms with Gasteiger partial charge in [-0.15, -0.1) is 0 Å². The second kappa shape index (κ2) is 11.9. The molecule has 2 heterocycles. The number of rotatable bonds is 8. The van der Waals surface area contributed by atoms with E-state index in [1.165, 1.54) is 22.0 Å². The standard InChI is InChI=1S/C22H21N3.C4H4O4/c1-2-6-18(7-3-1)16-25-17-19(21-8-4-5-9-22(21)25)10-15-24-20-11-13-23-14-12-20;5-3(6)1-2-4(7)8/h1-9,11-14,17H,10,15-16H2,(H,23,24);1-2H,(H,5,6)(H,7,8)/b;2-1-. The van der Waals surface area contributed by atoms with Crippen LogP contribution in [-0.4, -0.2) is 38.2 Å². The lowest BCUT2D eigenvalue weighted by Crippen LogP contribution is -2.04. The van der Waals surface area contributed by atoms with E-state index in [9.17, 15) is 9.59 Å². The normalized spacial score (nSPS) is 10.5. The van der Waals surface area contributed by atoms with Gasteiger partial charge in [-0.3, -0.25) is 4.98 Å². The number of carboxylic acids is 2. The van der Waals surface area contributed by atoms with Gasteiger partial charge in [-0.25, -0.2) is 9.59 Å². The summed E-state index contributed by atoms with van der Waals surface area (Å²) >= 11 is 0. The molecule has 7 heteroatoms. The van der Waals surface area contributed by atoms with Gasteiger partial charge in [-0.05, 0) is 35.7 Å². The molecule has 0 saturated heterocycles. The highest BCUT2D eigenvalue weighted by Gasteiger charge is 2.08. The van der Waals surface area contributed by atoms with Gasteiger partial charge in [0.1, 0.15) is 0 Å². The summed E-state index contributed by atoms with van der Waals surface area (Å²) in [5, 5.41) is 20.4. The number of anilines is 1. The number of nitrogens with zero attached hydrogens (tertiary/aromatic N) is 2. The fraction of sp³-hybridized carbons (Fsp3) is 0.115. The van der Waals surface area contributed by atoms with Gasteiger partial charge in [0.2, 0.25) is 0 Å². The van der Waals surface area contributed by atoms with Crippen molar-refractivity contribution in [2.75, 3.05) is 11.9 Å². The molecule has 0 amide bonds. The Bertz CT molecular complexity index is 1200. The number of aromatic nitrogens is 2. The molecule has 0 spiro atoms.